The second-order valence-electron chi connectivity index (χ2n) is 7.33. The van der Waals surface area contributed by atoms with Crippen LogP contribution < -0.4 is 0 Å². The topological polar surface area (TPSA) is 41.6 Å². The second kappa shape index (κ2) is 8.55. The molecule has 0 radical (unpaired) electrons. The molecule has 0 fully saturated rings. The van der Waals surface area contributed by atoms with Gasteiger partial charge < -0.3 is 4.98 Å². The molecule has 4 aromatic rings. The number of hydrogen-bond acceptors (Lipinski definition) is 2. The molecular formula is C24H19ClF3N3. The number of aromatic amines is 1. The van der Waals surface area contributed by atoms with E-state index in [-0.39, 0.29) is 0 Å². The average Bonchev–Trinajstić information content (AvgIpc) is 3.23. The minimum Gasteiger partial charge on any atom is -0.338 e. The first-order chi connectivity index (χ1) is 14.8. The Hall–Kier alpha value is -3.12. The SMILES string of the molecule is Cc1cc(-c2cnc(-c3ccc(Cl)cc3)[nH]2)ccc1CCc1ccc(C(F)(F)F)cn1. The van der Waals surface area contributed by atoms with Gasteiger partial charge in [-0.15, -0.1) is 0 Å². The maximum atomic E-state index is 12.7. The van der Waals surface area contributed by atoms with Gasteiger partial charge in [0.25, 0.3) is 0 Å². The maximum Gasteiger partial charge on any atom is 0.417 e. The molecule has 0 saturated carbocycles. The molecule has 0 aliphatic rings. The Kier molecular flexibility index (Phi) is 5.83. The molecule has 1 N–H and O–H groups in total. The van der Waals surface area contributed by atoms with Gasteiger partial charge in [-0.1, -0.05) is 23.7 Å². The number of hydrogen-bond donors (Lipinski definition) is 1. The van der Waals surface area contributed by atoms with Gasteiger partial charge in [0.2, 0.25) is 0 Å². The van der Waals surface area contributed by atoms with Gasteiger partial charge in [-0.05, 0) is 78.9 Å². The highest BCUT2D eigenvalue weighted by atomic mass is 35.5. The highest BCUT2D eigenvalue weighted by molar-refractivity contribution is 6.30. The van der Waals surface area contributed by atoms with E-state index in [1.165, 1.54) is 6.07 Å². The zero-order valence-electron chi connectivity index (χ0n) is 16.7. The summed E-state index contributed by atoms with van der Waals surface area (Å²) in [5, 5.41) is 0.674. The first-order valence-electron chi connectivity index (χ1n) is 9.72. The monoisotopic (exact) mass is 441 g/mol. The van der Waals surface area contributed by atoms with Crippen LogP contribution >= 0.6 is 11.6 Å². The molecule has 0 spiro atoms. The number of H-pyrrole nitrogens is 1. The highest BCUT2D eigenvalue weighted by Crippen LogP contribution is 2.29. The summed E-state index contributed by atoms with van der Waals surface area (Å²) in [5.41, 5.74) is 5.01. The third kappa shape index (κ3) is 4.97. The summed E-state index contributed by atoms with van der Waals surface area (Å²) < 4.78 is 38.0. The quantitative estimate of drug-likeness (QED) is 0.366. The molecular weight excluding hydrogens is 423 g/mol. The summed E-state index contributed by atoms with van der Waals surface area (Å²) in [7, 11) is 0. The van der Waals surface area contributed by atoms with E-state index in [0.29, 0.717) is 23.6 Å². The van der Waals surface area contributed by atoms with E-state index in [9.17, 15) is 13.2 Å². The van der Waals surface area contributed by atoms with Gasteiger partial charge in [0.1, 0.15) is 5.82 Å². The third-order valence-electron chi connectivity index (χ3n) is 5.15. The standard InChI is InChI=1S/C24H19ClF3N3/c1-15-12-18(22-14-30-23(31-22)17-4-8-20(25)9-5-17)3-2-16(15)6-10-21-11-7-19(13-29-21)24(26,27)28/h2-5,7-9,11-14H,6,10H2,1H3,(H,30,31). The normalized spacial score (nSPS) is 11.6. The van der Waals surface area contributed by atoms with E-state index in [2.05, 4.69) is 21.0 Å². The van der Waals surface area contributed by atoms with Gasteiger partial charge in [-0.3, -0.25) is 4.98 Å². The molecule has 0 aliphatic carbocycles. The Labute approximate surface area is 183 Å². The van der Waals surface area contributed by atoms with Crippen molar-refractivity contribution in [2.45, 2.75) is 25.9 Å². The van der Waals surface area contributed by atoms with Gasteiger partial charge in [-0.25, -0.2) is 4.98 Å². The molecule has 2 aromatic carbocycles. The summed E-state index contributed by atoms with van der Waals surface area (Å²) >= 11 is 5.94. The molecule has 2 heterocycles. The molecule has 0 bridgehead atoms. The van der Waals surface area contributed by atoms with Crippen LogP contribution in [0.4, 0.5) is 13.2 Å². The zero-order valence-corrected chi connectivity index (χ0v) is 17.4. The minimum atomic E-state index is -4.36. The van der Waals surface area contributed by atoms with Crippen molar-refractivity contribution in [1.29, 1.82) is 0 Å². The van der Waals surface area contributed by atoms with E-state index in [1.807, 2.05) is 43.3 Å². The minimum absolute atomic E-state index is 0.573. The van der Waals surface area contributed by atoms with Crippen molar-refractivity contribution in [2.75, 3.05) is 0 Å². The predicted octanol–water partition coefficient (Wildman–Crippen LogP) is 6.90. The summed E-state index contributed by atoms with van der Waals surface area (Å²) in [4.78, 5) is 11.7. The average molecular weight is 442 g/mol. The molecule has 0 atom stereocenters. The number of halogens is 4. The van der Waals surface area contributed by atoms with E-state index in [1.54, 1.807) is 6.20 Å². The summed E-state index contributed by atoms with van der Waals surface area (Å²) in [6.45, 7) is 2.02. The lowest BCUT2D eigenvalue weighted by Gasteiger charge is -2.09. The van der Waals surface area contributed by atoms with E-state index < -0.39 is 11.7 Å². The Morgan fingerprint density at radius 2 is 1.61 bits per heavy atom. The molecule has 0 unspecified atom stereocenters. The van der Waals surface area contributed by atoms with E-state index in [4.69, 9.17) is 11.6 Å². The number of pyridine rings is 1. The van der Waals surface area contributed by atoms with Crippen LogP contribution in [0.3, 0.4) is 0 Å². The fourth-order valence-electron chi connectivity index (χ4n) is 3.37. The van der Waals surface area contributed by atoms with Crippen LogP contribution in [0, 0.1) is 6.92 Å². The zero-order chi connectivity index (χ0) is 22.0. The van der Waals surface area contributed by atoms with Crippen LogP contribution in [0.1, 0.15) is 22.4 Å². The lowest BCUT2D eigenvalue weighted by Crippen LogP contribution is -2.06. The van der Waals surface area contributed by atoms with E-state index in [0.717, 1.165) is 46.0 Å². The number of nitrogens with zero attached hydrogens (tertiary/aromatic N) is 2. The van der Waals surface area contributed by atoms with Crippen LogP contribution in [0.25, 0.3) is 22.6 Å². The van der Waals surface area contributed by atoms with Crippen LogP contribution in [-0.4, -0.2) is 15.0 Å². The van der Waals surface area contributed by atoms with Crippen molar-refractivity contribution >= 4 is 11.6 Å². The fraction of sp³-hybridized carbons (Fsp3) is 0.167. The number of imidazole rings is 1. The molecule has 158 valence electrons. The number of aromatic nitrogens is 3. The lowest BCUT2D eigenvalue weighted by molar-refractivity contribution is -0.137. The number of benzene rings is 2. The van der Waals surface area contributed by atoms with Crippen molar-refractivity contribution in [3.8, 4) is 22.6 Å². The fourth-order valence-corrected chi connectivity index (χ4v) is 3.50. The third-order valence-corrected chi connectivity index (χ3v) is 5.40. The maximum absolute atomic E-state index is 12.7. The van der Waals surface area contributed by atoms with Crippen molar-refractivity contribution in [1.82, 2.24) is 15.0 Å². The van der Waals surface area contributed by atoms with Crippen molar-refractivity contribution in [3.05, 3.63) is 94.4 Å². The number of rotatable bonds is 5. The molecule has 2 aromatic heterocycles. The van der Waals surface area contributed by atoms with Crippen molar-refractivity contribution < 1.29 is 13.2 Å². The highest BCUT2D eigenvalue weighted by Gasteiger charge is 2.30. The van der Waals surface area contributed by atoms with Crippen LogP contribution in [0.2, 0.25) is 5.02 Å². The molecule has 0 aliphatic heterocycles. The van der Waals surface area contributed by atoms with Crippen LogP contribution in [0.15, 0.2) is 67.0 Å². The summed E-state index contributed by atoms with van der Waals surface area (Å²) in [5.74, 6) is 0.766. The van der Waals surface area contributed by atoms with Crippen molar-refractivity contribution in [3.63, 3.8) is 0 Å². The number of aryl methyl sites for hydroxylation is 3. The Morgan fingerprint density at radius 1 is 0.871 bits per heavy atom. The van der Waals surface area contributed by atoms with Gasteiger partial charge in [0, 0.05) is 22.5 Å². The predicted molar refractivity (Wildman–Crippen MR) is 116 cm³/mol. The molecule has 0 amide bonds. The van der Waals surface area contributed by atoms with E-state index >= 15 is 0 Å². The molecule has 31 heavy (non-hydrogen) atoms. The molecule has 7 heteroatoms. The first kappa shape index (κ1) is 21.1. The Balaban J connectivity index is 1.45. The van der Waals surface area contributed by atoms with Gasteiger partial charge in [-0.2, -0.15) is 13.2 Å². The summed E-state index contributed by atoms with van der Waals surface area (Å²) in [6.07, 6.45) is -0.406. The summed E-state index contributed by atoms with van der Waals surface area (Å²) in [6, 6.07) is 16.1. The second-order valence-corrected chi connectivity index (χ2v) is 7.77. The van der Waals surface area contributed by atoms with Gasteiger partial charge in [0.05, 0.1) is 17.5 Å². The Bertz CT molecular complexity index is 1180. The van der Waals surface area contributed by atoms with Gasteiger partial charge >= 0.3 is 6.18 Å². The largest absolute Gasteiger partial charge is 0.417 e. The number of nitrogens with one attached hydrogen (secondary N) is 1. The lowest BCUT2D eigenvalue weighted by atomic mass is 9.99. The van der Waals surface area contributed by atoms with Gasteiger partial charge in [0.15, 0.2) is 0 Å². The number of alkyl halides is 3. The van der Waals surface area contributed by atoms with Crippen LogP contribution in [-0.2, 0) is 19.0 Å². The molecule has 0 saturated heterocycles. The first-order valence-corrected chi connectivity index (χ1v) is 10.1. The molecule has 4 rings (SSSR count). The van der Waals surface area contributed by atoms with Crippen molar-refractivity contribution in [2.24, 2.45) is 0 Å². The Morgan fingerprint density at radius 3 is 2.26 bits per heavy atom. The smallest absolute Gasteiger partial charge is 0.338 e. The van der Waals surface area contributed by atoms with Crippen LogP contribution in [0.5, 0.6) is 0 Å². The molecule has 3 nitrogen and oxygen atoms in total.